The van der Waals surface area contributed by atoms with Gasteiger partial charge in [-0.25, -0.2) is 4.79 Å². The fourth-order valence-electron chi connectivity index (χ4n) is 4.85. The maximum absolute atomic E-state index is 13.0. The lowest BCUT2D eigenvalue weighted by Gasteiger charge is -2.38. The molecule has 168 valence electrons. The van der Waals surface area contributed by atoms with Crippen molar-refractivity contribution in [1.82, 2.24) is 0 Å². The molecule has 0 saturated carbocycles. The molecule has 2 aliphatic heterocycles. The number of carbonyl (C=O) groups excluding carboxylic acids is 1. The normalized spacial score (nSPS) is 17.5. The van der Waals surface area contributed by atoms with Gasteiger partial charge in [0.1, 0.15) is 23.0 Å². The summed E-state index contributed by atoms with van der Waals surface area (Å²) in [5.41, 5.74) is 2.66. The van der Waals surface area contributed by atoms with E-state index in [0.717, 1.165) is 5.56 Å². The average Bonchev–Trinajstić information content (AvgIpc) is 3.12. The quantitative estimate of drug-likeness (QED) is 0.404. The molecule has 0 aliphatic carbocycles. The Kier molecular flexibility index (Phi) is 4.57. The van der Waals surface area contributed by atoms with Crippen LogP contribution in [0.1, 0.15) is 38.2 Å². The van der Waals surface area contributed by atoms with Crippen molar-refractivity contribution in [3.05, 3.63) is 118 Å². The summed E-state index contributed by atoms with van der Waals surface area (Å²) in [5, 5.41) is 20.6. The third kappa shape index (κ3) is 3.03. The summed E-state index contributed by atoms with van der Waals surface area (Å²) in [6, 6.07) is 24.8. The highest BCUT2D eigenvalue weighted by atomic mass is 16.6. The summed E-state index contributed by atoms with van der Waals surface area (Å²) in [4.78, 5) is 13.0. The molecule has 1 spiro atoms. The van der Waals surface area contributed by atoms with Crippen LogP contribution in [0.5, 0.6) is 23.0 Å². The summed E-state index contributed by atoms with van der Waals surface area (Å²) in [6.45, 7) is 0.532. The molecule has 6 heteroatoms. The first kappa shape index (κ1) is 20.3. The third-order valence-corrected chi connectivity index (χ3v) is 6.23. The van der Waals surface area contributed by atoms with Crippen LogP contribution in [-0.4, -0.2) is 16.2 Å². The number of phenolic OH excluding ortho intramolecular Hbond substituents is 2. The molecular formula is C28H20O6. The van der Waals surface area contributed by atoms with Crippen LogP contribution in [0, 0.1) is 0 Å². The number of hydrogen-bond donors (Lipinski definition) is 2. The molecule has 1 unspecified atom stereocenters. The fraction of sp³-hybridized carbons (Fsp3) is 0.107. The number of aromatic hydroxyl groups is 2. The molecule has 6 rings (SSSR count). The molecule has 1 atom stereocenters. The molecule has 0 amide bonds. The molecule has 0 radical (unpaired) electrons. The monoisotopic (exact) mass is 452 g/mol. The van der Waals surface area contributed by atoms with Gasteiger partial charge in [0, 0.05) is 23.3 Å². The van der Waals surface area contributed by atoms with E-state index in [9.17, 15) is 15.0 Å². The smallest absolute Gasteiger partial charge is 0.340 e. The molecule has 4 aromatic rings. The summed E-state index contributed by atoms with van der Waals surface area (Å²) >= 11 is 0. The van der Waals surface area contributed by atoms with E-state index in [1.807, 2.05) is 42.5 Å². The first-order valence-electron chi connectivity index (χ1n) is 10.9. The number of benzene rings is 4. The van der Waals surface area contributed by atoms with Crippen LogP contribution in [0.15, 0.2) is 84.9 Å². The summed E-state index contributed by atoms with van der Waals surface area (Å²) in [6.07, 6.45) is 0. The van der Waals surface area contributed by atoms with Crippen LogP contribution in [0.2, 0.25) is 0 Å². The first-order valence-corrected chi connectivity index (χ1v) is 10.9. The molecular weight excluding hydrogens is 432 g/mol. The summed E-state index contributed by atoms with van der Waals surface area (Å²) < 4.78 is 18.3. The standard InChI is InChI=1S/C28H20O6/c29-19-10-11-23-24(13-19)33-25-14-20(30)12-18(16-32-15-17-6-2-1-3-7-17)26(25)28(23)22-9-5-4-8-21(22)27(31)34-28/h1-14,29-30H,15-16H2. The number of hydrogen-bond acceptors (Lipinski definition) is 6. The molecule has 0 saturated heterocycles. The minimum Gasteiger partial charge on any atom is -0.508 e. The molecule has 4 aromatic carbocycles. The van der Waals surface area contributed by atoms with Gasteiger partial charge in [-0.1, -0.05) is 48.5 Å². The minimum atomic E-state index is -1.30. The minimum absolute atomic E-state index is 0.00609. The van der Waals surface area contributed by atoms with E-state index < -0.39 is 11.6 Å². The lowest BCUT2D eigenvalue weighted by molar-refractivity contribution is 0.0210. The first-order chi connectivity index (χ1) is 16.6. The Bertz CT molecular complexity index is 1430. The molecule has 6 nitrogen and oxygen atoms in total. The lowest BCUT2D eigenvalue weighted by Crippen LogP contribution is -2.34. The Hall–Kier alpha value is -4.29. The van der Waals surface area contributed by atoms with Gasteiger partial charge in [-0.15, -0.1) is 0 Å². The number of ether oxygens (including phenoxy) is 3. The van der Waals surface area contributed by atoms with Crippen molar-refractivity contribution >= 4 is 5.97 Å². The van der Waals surface area contributed by atoms with Gasteiger partial charge in [0.25, 0.3) is 0 Å². The van der Waals surface area contributed by atoms with Gasteiger partial charge in [0.2, 0.25) is 0 Å². The molecule has 2 heterocycles. The van der Waals surface area contributed by atoms with Crippen LogP contribution in [0.3, 0.4) is 0 Å². The Morgan fingerprint density at radius 2 is 1.53 bits per heavy atom. The van der Waals surface area contributed by atoms with Crippen molar-refractivity contribution in [2.75, 3.05) is 0 Å². The van der Waals surface area contributed by atoms with E-state index in [0.29, 0.717) is 45.9 Å². The van der Waals surface area contributed by atoms with E-state index in [1.54, 1.807) is 24.3 Å². The SMILES string of the molecule is O=C1OC2(c3ccc(O)cc3Oc3cc(O)cc(COCc4ccccc4)c32)c2ccccc21. The zero-order chi connectivity index (χ0) is 23.3. The van der Waals surface area contributed by atoms with Gasteiger partial charge >= 0.3 is 5.97 Å². The average molecular weight is 452 g/mol. The van der Waals surface area contributed by atoms with E-state index in [4.69, 9.17) is 14.2 Å². The largest absolute Gasteiger partial charge is 0.508 e. The van der Waals surface area contributed by atoms with E-state index in [-0.39, 0.29) is 18.1 Å². The Balaban J connectivity index is 1.53. The van der Waals surface area contributed by atoms with E-state index in [1.165, 1.54) is 18.2 Å². The van der Waals surface area contributed by atoms with Crippen LogP contribution >= 0.6 is 0 Å². The molecule has 2 aliphatic rings. The van der Waals surface area contributed by atoms with Crippen molar-refractivity contribution in [3.8, 4) is 23.0 Å². The number of phenols is 2. The molecule has 0 aromatic heterocycles. The second-order valence-electron chi connectivity index (χ2n) is 8.36. The third-order valence-electron chi connectivity index (χ3n) is 6.23. The van der Waals surface area contributed by atoms with Crippen molar-refractivity contribution in [2.45, 2.75) is 18.8 Å². The second kappa shape index (κ2) is 7.64. The van der Waals surface area contributed by atoms with E-state index in [2.05, 4.69) is 0 Å². The second-order valence-corrected chi connectivity index (χ2v) is 8.36. The van der Waals surface area contributed by atoms with Crippen LogP contribution in [0.4, 0.5) is 0 Å². The number of rotatable bonds is 4. The topological polar surface area (TPSA) is 85.2 Å². The number of fused-ring (bicyclic) bond motifs is 6. The Labute approximate surface area is 195 Å². The predicted molar refractivity (Wildman–Crippen MR) is 123 cm³/mol. The van der Waals surface area contributed by atoms with Gasteiger partial charge in [0.15, 0.2) is 5.60 Å². The van der Waals surface area contributed by atoms with Crippen LogP contribution in [0.25, 0.3) is 0 Å². The molecule has 34 heavy (non-hydrogen) atoms. The van der Waals surface area contributed by atoms with Gasteiger partial charge in [-0.3, -0.25) is 0 Å². The predicted octanol–water partition coefficient (Wildman–Crippen LogP) is 5.38. The Morgan fingerprint density at radius 1 is 0.765 bits per heavy atom. The molecule has 0 fully saturated rings. The van der Waals surface area contributed by atoms with Crippen molar-refractivity contribution in [3.63, 3.8) is 0 Å². The van der Waals surface area contributed by atoms with Gasteiger partial charge < -0.3 is 24.4 Å². The summed E-state index contributed by atoms with van der Waals surface area (Å²) in [5.74, 6) is 0.237. The maximum Gasteiger partial charge on any atom is 0.340 e. The number of carbonyl (C=O) groups is 1. The maximum atomic E-state index is 13.0. The molecule has 2 N–H and O–H groups in total. The van der Waals surface area contributed by atoms with Crippen molar-refractivity contribution in [2.24, 2.45) is 0 Å². The van der Waals surface area contributed by atoms with Crippen molar-refractivity contribution in [1.29, 1.82) is 0 Å². The highest BCUT2D eigenvalue weighted by Gasteiger charge is 2.54. The van der Waals surface area contributed by atoms with Gasteiger partial charge in [-0.05, 0) is 35.4 Å². The number of esters is 1. The van der Waals surface area contributed by atoms with E-state index >= 15 is 0 Å². The highest BCUT2D eigenvalue weighted by Crippen LogP contribution is 2.58. The zero-order valence-electron chi connectivity index (χ0n) is 18.0. The Morgan fingerprint density at radius 3 is 2.38 bits per heavy atom. The van der Waals surface area contributed by atoms with Gasteiger partial charge in [0.05, 0.1) is 24.3 Å². The lowest BCUT2D eigenvalue weighted by atomic mass is 9.76. The van der Waals surface area contributed by atoms with Crippen molar-refractivity contribution < 1.29 is 29.2 Å². The fourth-order valence-corrected chi connectivity index (χ4v) is 4.85. The highest BCUT2D eigenvalue weighted by molar-refractivity contribution is 5.97. The van der Waals surface area contributed by atoms with Crippen LogP contribution < -0.4 is 4.74 Å². The zero-order valence-corrected chi connectivity index (χ0v) is 18.0. The van der Waals surface area contributed by atoms with Gasteiger partial charge in [-0.2, -0.15) is 0 Å². The summed E-state index contributed by atoms with van der Waals surface area (Å²) in [7, 11) is 0. The molecule has 0 bridgehead atoms. The van der Waals surface area contributed by atoms with Crippen LogP contribution in [-0.2, 0) is 28.3 Å².